The van der Waals surface area contributed by atoms with Crippen molar-refractivity contribution < 1.29 is 22.4 Å². The Kier molecular flexibility index (Phi) is 5.39. The van der Waals surface area contributed by atoms with E-state index in [4.69, 9.17) is 14.0 Å². The van der Waals surface area contributed by atoms with Gasteiger partial charge in [-0.05, 0) is 47.2 Å². The molecule has 3 aromatic carbocycles. The van der Waals surface area contributed by atoms with Crippen molar-refractivity contribution in [3.05, 3.63) is 66.6 Å². The van der Waals surface area contributed by atoms with Gasteiger partial charge in [-0.25, -0.2) is 13.1 Å². The number of nitrogens with one attached hydrogen (secondary N) is 1. The minimum absolute atomic E-state index is 0.125. The molecule has 154 valence electrons. The van der Waals surface area contributed by atoms with Gasteiger partial charge < -0.3 is 14.0 Å². The molecule has 0 radical (unpaired) electrons. The lowest BCUT2D eigenvalue weighted by Gasteiger charge is -2.07. The summed E-state index contributed by atoms with van der Waals surface area (Å²) in [6.07, 6.45) is 0. The lowest BCUT2D eigenvalue weighted by Crippen LogP contribution is -2.23. The van der Waals surface area contributed by atoms with Crippen molar-refractivity contribution in [1.82, 2.24) is 14.9 Å². The molecule has 0 spiro atoms. The Labute approximate surface area is 173 Å². The van der Waals surface area contributed by atoms with Crippen molar-refractivity contribution in [3.63, 3.8) is 0 Å². The van der Waals surface area contributed by atoms with E-state index < -0.39 is 10.0 Å². The van der Waals surface area contributed by atoms with E-state index in [0.717, 1.165) is 10.8 Å². The maximum atomic E-state index is 12.7. The van der Waals surface area contributed by atoms with Crippen LogP contribution in [0, 0.1) is 0 Å². The first-order valence-electron chi connectivity index (χ1n) is 9.03. The molecule has 8 nitrogen and oxygen atoms in total. The lowest BCUT2D eigenvalue weighted by atomic mass is 10.1. The van der Waals surface area contributed by atoms with Crippen molar-refractivity contribution in [1.29, 1.82) is 0 Å². The summed E-state index contributed by atoms with van der Waals surface area (Å²) in [5.41, 5.74) is 0.706. The normalized spacial score (nSPS) is 11.5. The van der Waals surface area contributed by atoms with Crippen LogP contribution in [0.3, 0.4) is 0 Å². The molecule has 0 fully saturated rings. The van der Waals surface area contributed by atoms with Gasteiger partial charge in [-0.3, -0.25) is 0 Å². The molecule has 0 unspecified atom stereocenters. The van der Waals surface area contributed by atoms with E-state index in [9.17, 15) is 8.42 Å². The second-order valence-electron chi connectivity index (χ2n) is 6.44. The molecular formula is C21H19N3O5S. The first-order chi connectivity index (χ1) is 14.5. The van der Waals surface area contributed by atoms with Gasteiger partial charge in [0.25, 0.3) is 0 Å². The Morgan fingerprint density at radius 2 is 1.67 bits per heavy atom. The predicted molar refractivity (Wildman–Crippen MR) is 111 cm³/mol. The first kappa shape index (κ1) is 19.9. The smallest absolute Gasteiger partial charge is 0.242 e. The summed E-state index contributed by atoms with van der Waals surface area (Å²) in [4.78, 5) is 4.39. The van der Waals surface area contributed by atoms with Crippen molar-refractivity contribution >= 4 is 20.8 Å². The molecule has 4 rings (SSSR count). The molecule has 0 aliphatic carbocycles. The van der Waals surface area contributed by atoms with Crippen LogP contribution in [-0.4, -0.2) is 32.8 Å². The van der Waals surface area contributed by atoms with Crippen molar-refractivity contribution in [2.24, 2.45) is 0 Å². The van der Waals surface area contributed by atoms with Gasteiger partial charge in [0.05, 0.1) is 25.7 Å². The van der Waals surface area contributed by atoms with Gasteiger partial charge in [-0.2, -0.15) is 4.98 Å². The van der Waals surface area contributed by atoms with Crippen molar-refractivity contribution in [2.45, 2.75) is 11.4 Å². The van der Waals surface area contributed by atoms with Gasteiger partial charge in [-0.15, -0.1) is 0 Å². The molecule has 30 heavy (non-hydrogen) atoms. The molecule has 1 heterocycles. The predicted octanol–water partition coefficient (Wildman–Crippen LogP) is 3.39. The Morgan fingerprint density at radius 3 is 2.47 bits per heavy atom. The monoisotopic (exact) mass is 425 g/mol. The summed E-state index contributed by atoms with van der Waals surface area (Å²) >= 11 is 0. The van der Waals surface area contributed by atoms with E-state index in [1.165, 1.54) is 0 Å². The van der Waals surface area contributed by atoms with Crippen LogP contribution in [0.25, 0.3) is 22.2 Å². The quantitative estimate of drug-likeness (QED) is 0.484. The fourth-order valence-electron chi connectivity index (χ4n) is 2.94. The third kappa shape index (κ3) is 4.12. The fraction of sp³-hybridized carbons (Fsp3) is 0.143. The highest BCUT2D eigenvalue weighted by molar-refractivity contribution is 7.89. The van der Waals surface area contributed by atoms with Gasteiger partial charge >= 0.3 is 0 Å². The van der Waals surface area contributed by atoms with Crippen molar-refractivity contribution in [3.8, 4) is 22.9 Å². The summed E-state index contributed by atoms with van der Waals surface area (Å²) in [5, 5.41) is 5.58. The molecule has 1 N–H and O–H groups in total. The molecule has 0 atom stereocenters. The summed E-state index contributed by atoms with van der Waals surface area (Å²) in [6.45, 7) is -0.125. The number of hydrogen-bond donors (Lipinski definition) is 1. The molecule has 9 heteroatoms. The SMILES string of the molecule is COc1cccc(-c2noc(CNS(=O)(=O)c3ccc4cc(OC)ccc4c3)n2)c1. The standard InChI is InChI=1S/C21H19N3O5S/c1-27-17-5-3-4-16(11-17)21-23-20(29-24-21)13-22-30(25,26)19-9-7-14-10-18(28-2)8-6-15(14)12-19/h3-12,22H,13H2,1-2H3. The van der Waals surface area contributed by atoms with E-state index in [-0.39, 0.29) is 17.3 Å². The Morgan fingerprint density at radius 1 is 0.933 bits per heavy atom. The number of hydrogen-bond acceptors (Lipinski definition) is 7. The average Bonchev–Trinajstić information content (AvgIpc) is 3.26. The molecule has 0 saturated carbocycles. The van der Waals surface area contributed by atoms with E-state index in [1.807, 2.05) is 24.3 Å². The van der Waals surface area contributed by atoms with E-state index >= 15 is 0 Å². The Hall–Kier alpha value is -3.43. The number of ether oxygens (including phenoxy) is 2. The van der Waals surface area contributed by atoms with E-state index in [0.29, 0.717) is 22.9 Å². The summed E-state index contributed by atoms with van der Waals surface area (Å²) < 4.78 is 43.4. The molecule has 0 saturated heterocycles. The number of nitrogens with zero attached hydrogens (tertiary/aromatic N) is 2. The fourth-order valence-corrected chi connectivity index (χ4v) is 3.95. The molecule has 1 aromatic heterocycles. The lowest BCUT2D eigenvalue weighted by molar-refractivity contribution is 0.376. The molecule has 0 aliphatic heterocycles. The largest absolute Gasteiger partial charge is 0.497 e. The number of benzene rings is 3. The topological polar surface area (TPSA) is 104 Å². The third-order valence-electron chi connectivity index (χ3n) is 4.54. The van der Waals surface area contributed by atoms with Crippen LogP contribution >= 0.6 is 0 Å². The van der Waals surface area contributed by atoms with Gasteiger partial charge in [0.2, 0.25) is 21.7 Å². The van der Waals surface area contributed by atoms with Crippen LogP contribution < -0.4 is 14.2 Å². The van der Waals surface area contributed by atoms with Gasteiger partial charge in [0.1, 0.15) is 11.5 Å². The number of rotatable bonds is 7. The van der Waals surface area contributed by atoms with E-state index in [2.05, 4.69) is 14.9 Å². The van der Waals surface area contributed by atoms with Crippen molar-refractivity contribution in [2.75, 3.05) is 14.2 Å². The average molecular weight is 425 g/mol. The summed E-state index contributed by atoms with van der Waals surface area (Å²) in [7, 11) is -0.608. The molecule has 4 aromatic rings. The second-order valence-corrected chi connectivity index (χ2v) is 8.21. The summed E-state index contributed by atoms with van der Waals surface area (Å²) in [5.74, 6) is 1.87. The van der Waals surface area contributed by atoms with Crippen LogP contribution in [0.2, 0.25) is 0 Å². The van der Waals surface area contributed by atoms with Crippen LogP contribution in [0.5, 0.6) is 11.5 Å². The van der Waals surface area contributed by atoms with Gasteiger partial charge in [0.15, 0.2) is 0 Å². The maximum absolute atomic E-state index is 12.7. The Bertz CT molecular complexity index is 1300. The minimum Gasteiger partial charge on any atom is -0.497 e. The third-order valence-corrected chi connectivity index (χ3v) is 5.94. The highest BCUT2D eigenvalue weighted by Crippen LogP contribution is 2.24. The minimum atomic E-state index is -3.76. The van der Waals surface area contributed by atoms with Crippen LogP contribution in [-0.2, 0) is 16.6 Å². The van der Waals surface area contributed by atoms with Gasteiger partial charge in [0, 0.05) is 5.56 Å². The zero-order chi connectivity index (χ0) is 21.1. The molecular weight excluding hydrogens is 406 g/mol. The van der Waals surface area contributed by atoms with Crippen LogP contribution in [0.1, 0.15) is 5.89 Å². The Balaban J connectivity index is 1.50. The van der Waals surface area contributed by atoms with Crippen LogP contribution in [0.4, 0.5) is 0 Å². The maximum Gasteiger partial charge on any atom is 0.242 e. The molecule has 0 amide bonds. The molecule has 0 bridgehead atoms. The number of fused-ring (bicyclic) bond motifs is 1. The summed E-state index contributed by atoms with van der Waals surface area (Å²) in [6, 6.07) is 17.5. The number of methoxy groups -OCH3 is 2. The van der Waals surface area contributed by atoms with Crippen LogP contribution in [0.15, 0.2) is 70.1 Å². The number of aromatic nitrogens is 2. The zero-order valence-corrected chi connectivity index (χ0v) is 17.1. The highest BCUT2D eigenvalue weighted by Gasteiger charge is 2.17. The number of sulfonamides is 1. The highest BCUT2D eigenvalue weighted by atomic mass is 32.2. The van der Waals surface area contributed by atoms with Gasteiger partial charge in [-0.1, -0.05) is 29.4 Å². The molecule has 0 aliphatic rings. The van der Waals surface area contributed by atoms with E-state index in [1.54, 1.807) is 50.6 Å². The zero-order valence-electron chi connectivity index (χ0n) is 16.3. The first-order valence-corrected chi connectivity index (χ1v) is 10.5. The second kappa shape index (κ2) is 8.13.